The molecule has 0 bridgehead atoms. The van der Waals surface area contributed by atoms with E-state index in [2.05, 4.69) is 40.8 Å². The van der Waals surface area contributed by atoms with Gasteiger partial charge in [-0.1, -0.05) is 37.6 Å². The maximum atomic E-state index is 12.5. The molecule has 2 aromatic heterocycles. The smallest absolute Gasteiger partial charge is 0.416 e. The molecule has 3 unspecified atom stereocenters. The van der Waals surface area contributed by atoms with E-state index in [4.69, 9.17) is 11.6 Å². The summed E-state index contributed by atoms with van der Waals surface area (Å²) >= 11 is 7.08. The molecule has 2 aromatic carbocycles. The van der Waals surface area contributed by atoms with E-state index in [1.165, 1.54) is 31.1 Å². The molecule has 40 heavy (non-hydrogen) atoms. The first-order valence-electron chi connectivity index (χ1n) is 12.9. The van der Waals surface area contributed by atoms with E-state index in [1.54, 1.807) is 11.0 Å². The molecule has 3 atom stereocenters. The highest BCUT2D eigenvalue weighted by atomic mass is 35.5. The Morgan fingerprint density at radius 3 is 2.52 bits per heavy atom. The molecule has 0 saturated heterocycles. The molecule has 5 rings (SSSR count). The normalized spacial score (nSPS) is 20.9. The van der Waals surface area contributed by atoms with Crippen LogP contribution in [0.2, 0.25) is 5.02 Å². The number of carbonyl (C=O) groups excluding carboxylic acids is 1. The molecule has 0 amide bonds. The summed E-state index contributed by atoms with van der Waals surface area (Å²) in [6.07, 6.45) is 1.80. The monoisotopic (exact) mass is 593 g/mol. The van der Waals surface area contributed by atoms with Crippen LogP contribution < -0.4 is 0 Å². The number of methoxy groups -OCH3 is 1. The van der Waals surface area contributed by atoms with Crippen LogP contribution in [0.5, 0.6) is 0 Å². The van der Waals surface area contributed by atoms with E-state index >= 15 is 0 Å². The van der Waals surface area contributed by atoms with Crippen LogP contribution in [-0.2, 0) is 23.9 Å². The van der Waals surface area contributed by atoms with Crippen molar-refractivity contribution in [3.8, 4) is 0 Å². The number of halogens is 4. The van der Waals surface area contributed by atoms with Gasteiger partial charge in [0.2, 0.25) is 0 Å². The second kappa shape index (κ2) is 12.3. The van der Waals surface area contributed by atoms with Crippen LogP contribution in [0.25, 0.3) is 10.1 Å². The minimum Gasteiger partial charge on any atom is -0.465 e. The lowest BCUT2D eigenvalue weighted by Gasteiger charge is -2.37. The summed E-state index contributed by atoms with van der Waals surface area (Å²) in [7, 11) is 1.23. The third-order valence-electron chi connectivity index (χ3n) is 7.49. The highest BCUT2D eigenvalue weighted by Crippen LogP contribution is 2.47. The zero-order chi connectivity index (χ0) is 29.1. The minimum absolute atomic E-state index is 0.222. The second-order valence-corrected chi connectivity index (χ2v) is 11.9. The van der Waals surface area contributed by atoms with Gasteiger partial charge in [0.05, 0.1) is 24.8 Å². The Kier molecular flexibility index (Phi) is 9.22. The molecule has 1 aliphatic rings. The maximum absolute atomic E-state index is 12.5. The predicted octanol–water partition coefficient (Wildman–Crippen LogP) is 7.29. The topological polar surface area (TPSA) is 77.2 Å². The van der Waals surface area contributed by atoms with Crippen LogP contribution in [0, 0.1) is 17.8 Å². The number of ether oxygens (including phenoxy) is 1. The number of carbonyl (C=O) groups is 1. The Morgan fingerprint density at radius 2 is 1.93 bits per heavy atom. The largest absolute Gasteiger partial charge is 0.465 e. The minimum atomic E-state index is -4.37. The zero-order valence-corrected chi connectivity index (χ0v) is 23.9. The summed E-state index contributed by atoms with van der Waals surface area (Å²) in [5, 5.41) is 16.9. The second-order valence-electron chi connectivity index (χ2n) is 10.4. The van der Waals surface area contributed by atoms with Gasteiger partial charge in [-0.2, -0.15) is 18.3 Å². The Morgan fingerprint density at radius 1 is 1.20 bits per heavy atom. The van der Waals surface area contributed by atoms with E-state index in [9.17, 15) is 23.1 Å². The van der Waals surface area contributed by atoms with Crippen molar-refractivity contribution in [2.45, 2.75) is 51.4 Å². The predicted molar refractivity (Wildman–Crippen MR) is 149 cm³/mol. The van der Waals surface area contributed by atoms with Gasteiger partial charge in [0.15, 0.2) is 0 Å². The fraction of sp³-hybridized carbons (Fsp3) is 0.414. The highest BCUT2D eigenvalue weighted by molar-refractivity contribution is 7.20. The molecule has 4 aromatic rings. The number of aromatic nitrogens is 3. The number of nitrogens with zero attached hydrogens (tertiary/aromatic N) is 3. The van der Waals surface area contributed by atoms with E-state index in [-0.39, 0.29) is 11.8 Å². The molecule has 0 aliphatic heterocycles. The molecule has 0 spiro atoms. The number of aliphatic hydroxyl groups is 1. The lowest BCUT2D eigenvalue weighted by Crippen LogP contribution is -2.46. The van der Waals surface area contributed by atoms with Crippen LogP contribution in [0.15, 0.2) is 61.2 Å². The summed E-state index contributed by atoms with van der Waals surface area (Å²) in [5.41, 5.74) is -0.248. The van der Waals surface area contributed by atoms with Crippen molar-refractivity contribution in [3.63, 3.8) is 0 Å². The number of thiophene rings is 1. The van der Waals surface area contributed by atoms with Gasteiger partial charge in [-0.15, -0.1) is 11.3 Å². The van der Waals surface area contributed by atoms with E-state index < -0.39 is 23.3 Å². The van der Waals surface area contributed by atoms with Crippen molar-refractivity contribution in [2.75, 3.05) is 7.11 Å². The van der Waals surface area contributed by atoms with Gasteiger partial charge >= 0.3 is 12.1 Å². The molecular formula is C29H31ClF3N3O3S. The average Bonchev–Trinajstić information content (AvgIpc) is 3.64. The van der Waals surface area contributed by atoms with Crippen LogP contribution in [-0.4, -0.2) is 38.6 Å². The Bertz CT molecular complexity index is 1420. The first-order chi connectivity index (χ1) is 18.9. The van der Waals surface area contributed by atoms with Gasteiger partial charge in [-0.3, -0.25) is 4.68 Å². The van der Waals surface area contributed by atoms with Gasteiger partial charge < -0.3 is 9.84 Å². The Labute approximate surface area is 239 Å². The molecule has 0 radical (unpaired) electrons. The number of esters is 1. The number of hydrogen-bond donors (Lipinski definition) is 1. The maximum Gasteiger partial charge on any atom is 0.416 e. The number of hydrogen-bond acceptors (Lipinski definition) is 6. The van der Waals surface area contributed by atoms with Crippen molar-refractivity contribution in [3.05, 3.63) is 82.2 Å². The van der Waals surface area contributed by atoms with Crippen molar-refractivity contribution in [2.24, 2.45) is 17.8 Å². The average molecular weight is 594 g/mol. The molecule has 1 N–H and O–H groups in total. The van der Waals surface area contributed by atoms with Crippen molar-refractivity contribution in [1.29, 1.82) is 0 Å². The first-order valence-corrected chi connectivity index (χ1v) is 14.1. The van der Waals surface area contributed by atoms with Crippen molar-refractivity contribution >= 4 is 39.0 Å². The Hall–Kier alpha value is -2.95. The SMILES string of the molecule is CC(C)C1CCC(Cc2ccc(Cl)cc2)C1(O)Cn1cncn1.COC(=O)c1cc2cc(C(F)(F)F)ccc2s1. The first kappa shape index (κ1) is 30.0. The fourth-order valence-corrected chi connectivity index (χ4v) is 6.61. The lowest BCUT2D eigenvalue weighted by atomic mass is 9.76. The van der Waals surface area contributed by atoms with Gasteiger partial charge in [-0.05, 0) is 84.4 Å². The summed E-state index contributed by atoms with van der Waals surface area (Å²) in [5.74, 6) is 0.405. The fourth-order valence-electron chi connectivity index (χ4n) is 5.52. The van der Waals surface area contributed by atoms with Crippen LogP contribution in [0.4, 0.5) is 13.2 Å². The molecule has 6 nitrogen and oxygen atoms in total. The quantitative estimate of drug-likeness (QED) is 0.238. The molecule has 214 valence electrons. The van der Waals surface area contributed by atoms with Crippen molar-refractivity contribution < 1.29 is 27.8 Å². The third kappa shape index (κ3) is 6.85. The molecule has 1 fully saturated rings. The van der Waals surface area contributed by atoms with E-state index in [0.29, 0.717) is 27.4 Å². The molecule has 2 heterocycles. The van der Waals surface area contributed by atoms with Gasteiger partial charge in [0.1, 0.15) is 17.5 Å². The number of fused-ring (bicyclic) bond motifs is 1. The molecule has 1 aliphatic carbocycles. The lowest BCUT2D eigenvalue weighted by molar-refractivity contribution is -0.137. The molecular weight excluding hydrogens is 563 g/mol. The standard InChI is InChI=1S/C18H24ClN3O.C11H7F3O2S/c1-13(2)17-8-5-15(9-14-3-6-16(19)7-4-14)18(17,23)10-22-12-20-11-21-22;1-16-10(15)9-5-6-4-7(11(12,13)14)2-3-8(6)17-9/h3-4,6-7,11-13,15,17,23H,5,8-10H2,1-2H3;2-5H,1H3. The number of benzene rings is 2. The van der Waals surface area contributed by atoms with Crippen LogP contribution >= 0.6 is 22.9 Å². The van der Waals surface area contributed by atoms with Gasteiger partial charge in [0.25, 0.3) is 0 Å². The van der Waals surface area contributed by atoms with Crippen molar-refractivity contribution in [1.82, 2.24) is 14.8 Å². The van der Waals surface area contributed by atoms with E-state index in [0.717, 1.165) is 47.8 Å². The molecule has 1 saturated carbocycles. The van der Waals surface area contributed by atoms with Gasteiger partial charge in [0, 0.05) is 9.72 Å². The summed E-state index contributed by atoms with van der Waals surface area (Å²) in [4.78, 5) is 15.5. The number of rotatable bonds is 6. The third-order valence-corrected chi connectivity index (χ3v) is 8.84. The zero-order valence-electron chi connectivity index (χ0n) is 22.4. The summed E-state index contributed by atoms with van der Waals surface area (Å²) in [6.45, 7) is 4.90. The van der Waals surface area contributed by atoms with E-state index in [1.807, 2.05) is 12.1 Å². The van der Waals surface area contributed by atoms with Crippen LogP contribution in [0.3, 0.4) is 0 Å². The van der Waals surface area contributed by atoms with Gasteiger partial charge in [-0.25, -0.2) is 9.78 Å². The molecule has 11 heteroatoms. The summed E-state index contributed by atoms with van der Waals surface area (Å²) in [6, 6.07) is 12.7. The summed E-state index contributed by atoms with van der Waals surface area (Å²) < 4.78 is 44.3. The Balaban J connectivity index is 0.000000194. The highest BCUT2D eigenvalue weighted by Gasteiger charge is 2.50. The number of alkyl halides is 3. The van der Waals surface area contributed by atoms with Crippen LogP contribution in [0.1, 0.15) is 47.5 Å².